The van der Waals surface area contributed by atoms with Crippen molar-refractivity contribution in [2.75, 3.05) is 18.1 Å². The number of hydrogen-bond acceptors (Lipinski definition) is 11. The Morgan fingerprint density at radius 2 is 1.11 bits per heavy atom. The van der Waals surface area contributed by atoms with Crippen LogP contribution in [-0.4, -0.2) is 70.4 Å². The van der Waals surface area contributed by atoms with E-state index in [0.29, 0.717) is 48.3 Å². The molecule has 2 atom stereocenters. The highest BCUT2D eigenvalue weighted by Gasteiger charge is 2.37. The molecule has 0 saturated carbocycles. The highest BCUT2D eigenvalue weighted by Crippen LogP contribution is 2.40. The minimum Gasteiger partial charge on any atom is -0.506 e. The van der Waals surface area contributed by atoms with E-state index >= 15 is 0 Å². The van der Waals surface area contributed by atoms with Crippen LogP contribution in [0.25, 0.3) is 5.57 Å². The van der Waals surface area contributed by atoms with E-state index in [-0.39, 0.29) is 48.0 Å². The maximum Gasteiger partial charge on any atom is 0.335 e. The van der Waals surface area contributed by atoms with Crippen molar-refractivity contribution in [3.8, 4) is 11.5 Å². The van der Waals surface area contributed by atoms with E-state index < -0.39 is 23.9 Å². The lowest BCUT2D eigenvalue weighted by atomic mass is 9.80. The number of aliphatic hydroxyl groups is 1. The molecule has 0 heterocycles. The smallest absolute Gasteiger partial charge is 0.335 e. The molecule has 12 heteroatoms. The fraction of sp³-hybridized carbons (Fsp3) is 0.200. The van der Waals surface area contributed by atoms with Crippen LogP contribution in [0, 0.1) is 0 Å². The molecule has 2 aliphatic rings. The molecule has 0 fully saturated rings. The number of aliphatic hydroxyl groups excluding tert-OH is 1. The highest BCUT2D eigenvalue weighted by atomic mass is 16.5. The second-order valence-electron chi connectivity index (χ2n) is 14.2. The zero-order valence-corrected chi connectivity index (χ0v) is 34.8. The van der Waals surface area contributed by atoms with Gasteiger partial charge in [-0.1, -0.05) is 38.4 Å². The summed E-state index contributed by atoms with van der Waals surface area (Å²) in [6.07, 6.45) is 14.2. The normalized spacial score (nSPS) is 13.9. The number of rotatable bonds is 20. The van der Waals surface area contributed by atoms with E-state index in [2.05, 4.69) is 35.8 Å². The number of allylic oxidation sites excluding steroid dienone is 7. The summed E-state index contributed by atoms with van der Waals surface area (Å²) >= 11 is 0. The number of anilines is 2. The summed E-state index contributed by atoms with van der Waals surface area (Å²) in [6, 6.07) is 21.2. The maximum atomic E-state index is 13.7. The lowest BCUT2D eigenvalue weighted by Gasteiger charge is -2.32. The van der Waals surface area contributed by atoms with Crippen LogP contribution in [-0.2, 0) is 33.4 Å². The van der Waals surface area contributed by atoms with Crippen LogP contribution in [0.5, 0.6) is 11.5 Å². The molecule has 62 heavy (non-hydrogen) atoms. The molecule has 0 radical (unpaired) electrons. The van der Waals surface area contributed by atoms with Crippen molar-refractivity contribution in [2.45, 2.75) is 51.6 Å². The second kappa shape index (κ2) is 21.6. The van der Waals surface area contributed by atoms with Crippen molar-refractivity contribution in [1.29, 1.82) is 0 Å². The monoisotopic (exact) mass is 837 g/mol. The van der Waals surface area contributed by atoms with Crippen LogP contribution in [0.1, 0.15) is 45.1 Å². The molecule has 1 N–H and O–H groups in total. The summed E-state index contributed by atoms with van der Waals surface area (Å²) in [5.74, 6) is -1.80. The fourth-order valence-corrected chi connectivity index (χ4v) is 6.98. The number of carbonyl (C=O) groups is 5. The Bertz CT molecular complexity index is 2380. The molecule has 0 amide bonds. The van der Waals surface area contributed by atoms with E-state index in [4.69, 9.17) is 18.9 Å². The van der Waals surface area contributed by atoms with Crippen LogP contribution in [0.2, 0.25) is 0 Å². The number of ether oxygens (including phenoxy) is 4. The van der Waals surface area contributed by atoms with Crippen molar-refractivity contribution in [2.24, 2.45) is 0 Å². The van der Waals surface area contributed by atoms with Gasteiger partial charge in [-0.05, 0) is 105 Å². The van der Waals surface area contributed by atoms with E-state index in [9.17, 15) is 29.1 Å². The molecular weight excluding hydrogens is 789 g/mol. The third-order valence-electron chi connectivity index (χ3n) is 10.0. The van der Waals surface area contributed by atoms with Gasteiger partial charge in [0, 0.05) is 72.4 Å². The van der Waals surface area contributed by atoms with Gasteiger partial charge >= 0.3 is 23.9 Å². The van der Waals surface area contributed by atoms with Gasteiger partial charge in [0.1, 0.15) is 17.3 Å². The summed E-state index contributed by atoms with van der Waals surface area (Å²) in [5.41, 5.74) is 4.73. The van der Waals surface area contributed by atoms with Gasteiger partial charge in [0.05, 0.1) is 24.4 Å². The molecule has 3 aromatic rings. The molecule has 2 aliphatic carbocycles. The largest absolute Gasteiger partial charge is 0.506 e. The van der Waals surface area contributed by atoms with E-state index in [0.717, 1.165) is 47.1 Å². The zero-order valence-electron chi connectivity index (χ0n) is 34.8. The number of Topliss-reactive ketones (excluding diaryl/α,β-unsaturated/α-hetero) is 1. The van der Waals surface area contributed by atoms with E-state index in [1.54, 1.807) is 48.6 Å². The SMILES string of the molecule is C=CC(=O)OCCCC(C)N(c1ccc(OC(=O)C=C)cc1)c1ccc(C2=C(O)C(=C3C=CC(=[N+](c4ccc(OC(=O)C=C)cc4)C(C)CCCOC(=O)C=C)C=C3)C2=O)cc1. The van der Waals surface area contributed by atoms with Crippen molar-refractivity contribution < 1.29 is 52.6 Å². The molecule has 2 unspecified atom stereocenters. The summed E-state index contributed by atoms with van der Waals surface area (Å²) in [5, 5.41) is 11.3. The lowest BCUT2D eigenvalue weighted by Crippen LogP contribution is -2.29. The number of hydrogen-bond donors (Lipinski definition) is 1. The topological polar surface area (TPSA) is 149 Å². The van der Waals surface area contributed by atoms with Crippen LogP contribution in [0.4, 0.5) is 17.1 Å². The summed E-state index contributed by atoms with van der Waals surface area (Å²) < 4.78 is 23.0. The van der Waals surface area contributed by atoms with Crippen LogP contribution >= 0.6 is 0 Å². The summed E-state index contributed by atoms with van der Waals surface area (Å²) in [4.78, 5) is 62.4. The third kappa shape index (κ3) is 11.4. The van der Waals surface area contributed by atoms with Gasteiger partial charge in [0.25, 0.3) is 0 Å². The van der Waals surface area contributed by atoms with E-state index in [1.165, 1.54) is 0 Å². The second-order valence-corrected chi connectivity index (χ2v) is 14.2. The van der Waals surface area contributed by atoms with Crippen molar-refractivity contribution >= 4 is 58.0 Å². The molecule has 0 aliphatic heterocycles. The quantitative estimate of drug-likeness (QED) is 0.0383. The van der Waals surface area contributed by atoms with Gasteiger partial charge in [-0.2, -0.15) is 4.58 Å². The molecule has 3 aromatic carbocycles. The van der Waals surface area contributed by atoms with Gasteiger partial charge in [0.15, 0.2) is 6.04 Å². The number of carbonyl (C=O) groups excluding carboxylic acids is 5. The average molecular weight is 838 g/mol. The Hall–Kier alpha value is -7.60. The predicted octanol–water partition coefficient (Wildman–Crippen LogP) is 8.86. The van der Waals surface area contributed by atoms with Crippen molar-refractivity contribution in [3.63, 3.8) is 0 Å². The molecule has 12 nitrogen and oxygen atoms in total. The molecule has 0 aromatic heterocycles. The summed E-state index contributed by atoms with van der Waals surface area (Å²) in [7, 11) is 0. The Morgan fingerprint density at radius 1 is 0.645 bits per heavy atom. The fourth-order valence-electron chi connectivity index (χ4n) is 6.98. The first kappa shape index (κ1) is 45.5. The number of benzene rings is 3. The minimum atomic E-state index is -0.572. The molecule has 0 bridgehead atoms. The highest BCUT2D eigenvalue weighted by molar-refractivity contribution is 6.39. The number of ketones is 1. The Kier molecular flexibility index (Phi) is 15.8. The number of esters is 4. The minimum absolute atomic E-state index is 0.0759. The first-order chi connectivity index (χ1) is 29.9. The molecule has 0 saturated heterocycles. The van der Waals surface area contributed by atoms with Crippen LogP contribution in [0.3, 0.4) is 0 Å². The Morgan fingerprint density at radius 3 is 1.60 bits per heavy atom. The summed E-state index contributed by atoms with van der Waals surface area (Å²) in [6.45, 7) is 18.3. The van der Waals surface area contributed by atoms with Gasteiger partial charge in [0.2, 0.25) is 17.2 Å². The van der Waals surface area contributed by atoms with Gasteiger partial charge < -0.3 is 29.0 Å². The van der Waals surface area contributed by atoms with E-state index in [1.807, 2.05) is 62.4 Å². The third-order valence-corrected chi connectivity index (χ3v) is 10.0. The molecular formula is C50H49N2O10+. The maximum absolute atomic E-state index is 13.7. The van der Waals surface area contributed by atoms with Crippen LogP contribution < -0.4 is 14.4 Å². The van der Waals surface area contributed by atoms with Gasteiger partial charge in [-0.3, -0.25) is 4.79 Å². The van der Waals surface area contributed by atoms with Crippen LogP contribution in [0.15, 0.2) is 165 Å². The standard InChI is InChI=1S/C50H48N2O10/c1-7-43(53)59-31-11-13-33(5)51(39-23-27-41(28-24-39)61-45(55)9-3)37-19-15-35(16-20-37)47-49(57)48(50(47)58)36-17-21-38(22-18-36)52(34(6)14-12-32-60-44(54)8-2)40-25-29-42(30-26-40)62-46(56)10-4/h7-10,15-30,33-34H,1-4,11-14,31-32H2,5-6H3/p+1. The molecule has 318 valence electrons. The zero-order chi connectivity index (χ0) is 44.8. The Balaban J connectivity index is 1.39. The Labute approximate surface area is 361 Å². The first-order valence-electron chi connectivity index (χ1n) is 20.0. The van der Waals surface area contributed by atoms with Gasteiger partial charge in [-0.15, -0.1) is 0 Å². The first-order valence-corrected chi connectivity index (χ1v) is 20.0. The molecule has 0 spiro atoms. The number of nitrogens with zero attached hydrogens (tertiary/aromatic N) is 2. The predicted molar refractivity (Wildman–Crippen MR) is 238 cm³/mol. The van der Waals surface area contributed by atoms with Gasteiger partial charge in [-0.25, -0.2) is 19.2 Å². The van der Waals surface area contributed by atoms with Crippen molar-refractivity contribution in [1.82, 2.24) is 0 Å². The molecule has 5 rings (SSSR count). The lowest BCUT2D eigenvalue weighted by molar-refractivity contribution is -0.480. The average Bonchev–Trinajstić information content (AvgIpc) is 3.28. The van der Waals surface area contributed by atoms with Crippen molar-refractivity contribution in [3.05, 3.63) is 170 Å².